The molecule has 0 N–H and O–H groups in total. The van der Waals surface area contributed by atoms with E-state index >= 15 is 0 Å². The van der Waals surface area contributed by atoms with Gasteiger partial charge in [0.15, 0.2) is 0 Å². The Bertz CT molecular complexity index is 2540. The minimum atomic E-state index is 0.646. The Morgan fingerprint density at radius 2 is 1.26 bits per heavy atom. The number of hydrogen-bond acceptors (Lipinski definition) is 3. The molecule has 42 heavy (non-hydrogen) atoms. The van der Waals surface area contributed by atoms with Gasteiger partial charge in [-0.3, -0.25) is 4.57 Å². The third-order valence-electron chi connectivity index (χ3n) is 8.48. The van der Waals surface area contributed by atoms with E-state index in [1.807, 2.05) is 12.1 Å². The van der Waals surface area contributed by atoms with Gasteiger partial charge in [0.1, 0.15) is 11.2 Å². The smallest absolute Gasteiger partial charge is 0.235 e. The predicted molar refractivity (Wildman–Crippen MR) is 174 cm³/mol. The Hall–Kier alpha value is -5.48. The number of furan rings is 1. The highest BCUT2D eigenvalue weighted by molar-refractivity contribution is 6.35. The summed E-state index contributed by atoms with van der Waals surface area (Å²) in [5, 5.41) is 7.87. The molecule has 3 heterocycles. The molecule has 0 saturated heterocycles. The van der Waals surface area contributed by atoms with Gasteiger partial charge in [0.2, 0.25) is 5.95 Å². The summed E-state index contributed by atoms with van der Waals surface area (Å²) in [4.78, 5) is 10.5. The monoisotopic (exact) mass is 539 g/mol. The summed E-state index contributed by atoms with van der Waals surface area (Å²) in [6, 6.07) is 40.4. The number of aromatic nitrogens is 3. The number of para-hydroxylation sites is 1. The second kappa shape index (κ2) is 8.51. The summed E-state index contributed by atoms with van der Waals surface area (Å²) >= 11 is 0. The third kappa shape index (κ3) is 3.18. The van der Waals surface area contributed by atoms with Gasteiger partial charge >= 0.3 is 0 Å². The molecule has 3 aromatic heterocycles. The first-order valence-corrected chi connectivity index (χ1v) is 14.3. The van der Waals surface area contributed by atoms with Gasteiger partial charge in [0, 0.05) is 32.5 Å². The Kier molecular flexibility index (Phi) is 4.71. The van der Waals surface area contributed by atoms with Gasteiger partial charge in [-0.25, -0.2) is 9.97 Å². The molecule has 0 amide bonds. The van der Waals surface area contributed by atoms with Crippen molar-refractivity contribution in [1.29, 1.82) is 0 Å². The SMILES string of the molecule is Cc1ccc2oc3c(c2c1)c1ccccc1c1c3c2cc(C)ccc2n1-c1nc(-c2ccccc2)c2ccccc2n1. The van der Waals surface area contributed by atoms with Crippen LogP contribution in [0.15, 0.2) is 120 Å². The normalized spacial score (nSPS) is 12.0. The third-order valence-corrected chi connectivity index (χ3v) is 8.48. The van der Waals surface area contributed by atoms with Crippen LogP contribution in [0.1, 0.15) is 11.1 Å². The lowest BCUT2D eigenvalue weighted by atomic mass is 9.99. The van der Waals surface area contributed by atoms with Crippen LogP contribution < -0.4 is 0 Å². The van der Waals surface area contributed by atoms with Crippen molar-refractivity contribution >= 4 is 65.4 Å². The number of benzene rings is 6. The number of nitrogens with zero attached hydrogens (tertiary/aromatic N) is 3. The fourth-order valence-corrected chi connectivity index (χ4v) is 6.64. The molecule has 9 aromatic rings. The van der Waals surface area contributed by atoms with Crippen molar-refractivity contribution in [2.45, 2.75) is 13.8 Å². The first kappa shape index (κ1) is 23.2. The largest absolute Gasteiger partial charge is 0.455 e. The standard InChI is InChI=1S/C38H25N3O/c1-22-16-18-31-28(20-22)34-36(26-13-7-6-12-25(26)33-29-21-23(2)17-19-32(29)42-37(33)34)41(31)38-39-30-15-9-8-14-27(30)35(40-38)24-10-4-3-5-11-24/h3-21H,1-2H3. The zero-order valence-corrected chi connectivity index (χ0v) is 23.2. The number of hydrogen-bond donors (Lipinski definition) is 0. The molecular formula is C38H25N3O. The van der Waals surface area contributed by atoms with Gasteiger partial charge in [-0.1, -0.05) is 96.1 Å². The lowest BCUT2D eigenvalue weighted by molar-refractivity contribution is 0.673. The Morgan fingerprint density at radius 3 is 2.10 bits per heavy atom. The molecule has 0 saturated carbocycles. The summed E-state index contributed by atoms with van der Waals surface area (Å²) in [6.45, 7) is 4.28. The van der Waals surface area contributed by atoms with Gasteiger partial charge in [0.05, 0.1) is 27.6 Å². The van der Waals surface area contributed by atoms with Crippen molar-refractivity contribution < 1.29 is 4.42 Å². The molecule has 0 aliphatic heterocycles. The fraction of sp³-hybridized carbons (Fsp3) is 0.0526. The number of rotatable bonds is 2. The molecule has 0 spiro atoms. The Labute approximate surface area is 241 Å². The van der Waals surface area contributed by atoms with Gasteiger partial charge in [-0.15, -0.1) is 0 Å². The second-order valence-corrected chi connectivity index (χ2v) is 11.2. The van der Waals surface area contributed by atoms with Crippen molar-refractivity contribution in [3.63, 3.8) is 0 Å². The van der Waals surface area contributed by atoms with Gasteiger partial charge in [0.25, 0.3) is 0 Å². The van der Waals surface area contributed by atoms with Crippen LogP contribution in [0.3, 0.4) is 0 Å². The topological polar surface area (TPSA) is 43.9 Å². The molecule has 6 aromatic carbocycles. The quantitative estimate of drug-likeness (QED) is 0.219. The zero-order valence-electron chi connectivity index (χ0n) is 23.2. The van der Waals surface area contributed by atoms with E-state index < -0.39 is 0 Å². The summed E-state index contributed by atoms with van der Waals surface area (Å²) in [5.41, 5.74) is 9.22. The number of aryl methyl sites for hydroxylation is 2. The average Bonchev–Trinajstić information content (AvgIpc) is 3.57. The summed E-state index contributed by atoms with van der Waals surface area (Å²) in [7, 11) is 0. The van der Waals surface area contributed by atoms with Crippen molar-refractivity contribution in [3.8, 4) is 17.2 Å². The van der Waals surface area contributed by atoms with E-state index in [0.29, 0.717) is 5.95 Å². The van der Waals surface area contributed by atoms with E-state index in [0.717, 1.165) is 76.7 Å². The minimum absolute atomic E-state index is 0.646. The summed E-state index contributed by atoms with van der Waals surface area (Å²) < 4.78 is 8.97. The van der Waals surface area contributed by atoms with E-state index in [9.17, 15) is 0 Å². The van der Waals surface area contributed by atoms with E-state index in [1.165, 1.54) is 11.1 Å². The van der Waals surface area contributed by atoms with E-state index in [2.05, 4.69) is 122 Å². The van der Waals surface area contributed by atoms with Crippen LogP contribution in [0.4, 0.5) is 0 Å². The van der Waals surface area contributed by atoms with Crippen molar-refractivity contribution in [2.75, 3.05) is 0 Å². The second-order valence-electron chi connectivity index (χ2n) is 11.2. The van der Waals surface area contributed by atoms with Crippen molar-refractivity contribution in [1.82, 2.24) is 14.5 Å². The van der Waals surface area contributed by atoms with Gasteiger partial charge < -0.3 is 4.42 Å². The first-order valence-electron chi connectivity index (χ1n) is 14.3. The first-order chi connectivity index (χ1) is 20.7. The molecule has 0 unspecified atom stereocenters. The molecule has 0 fully saturated rings. The highest BCUT2D eigenvalue weighted by Gasteiger charge is 2.24. The highest BCUT2D eigenvalue weighted by atomic mass is 16.3. The van der Waals surface area contributed by atoms with Crippen molar-refractivity contribution in [2.24, 2.45) is 0 Å². The molecule has 4 nitrogen and oxygen atoms in total. The zero-order chi connectivity index (χ0) is 27.9. The van der Waals surface area contributed by atoms with E-state index in [1.54, 1.807) is 0 Å². The minimum Gasteiger partial charge on any atom is -0.455 e. The molecule has 0 aliphatic rings. The maximum atomic E-state index is 6.74. The fourth-order valence-electron chi connectivity index (χ4n) is 6.64. The lowest BCUT2D eigenvalue weighted by Gasteiger charge is -2.13. The van der Waals surface area contributed by atoms with Crippen LogP contribution in [0.25, 0.3) is 82.6 Å². The molecule has 0 radical (unpaired) electrons. The predicted octanol–water partition coefficient (Wildman–Crippen LogP) is 10.1. The van der Waals surface area contributed by atoms with Gasteiger partial charge in [-0.05, 0) is 49.6 Å². The van der Waals surface area contributed by atoms with Crippen LogP contribution in [0, 0.1) is 13.8 Å². The maximum absolute atomic E-state index is 6.74. The van der Waals surface area contributed by atoms with E-state index in [4.69, 9.17) is 14.4 Å². The molecule has 0 atom stereocenters. The van der Waals surface area contributed by atoms with E-state index in [-0.39, 0.29) is 0 Å². The summed E-state index contributed by atoms with van der Waals surface area (Å²) in [6.07, 6.45) is 0. The van der Waals surface area contributed by atoms with Crippen molar-refractivity contribution in [3.05, 3.63) is 126 Å². The Balaban J connectivity index is 1.53. The van der Waals surface area contributed by atoms with Crippen LogP contribution >= 0.6 is 0 Å². The van der Waals surface area contributed by atoms with Crippen LogP contribution in [-0.4, -0.2) is 14.5 Å². The average molecular weight is 540 g/mol. The maximum Gasteiger partial charge on any atom is 0.235 e. The molecule has 0 bridgehead atoms. The molecule has 0 aliphatic carbocycles. The lowest BCUT2D eigenvalue weighted by Crippen LogP contribution is -2.03. The van der Waals surface area contributed by atoms with Crippen LogP contribution in [0.2, 0.25) is 0 Å². The highest BCUT2D eigenvalue weighted by Crippen LogP contribution is 2.46. The molecule has 4 heteroatoms. The molecule has 9 rings (SSSR count). The Morgan fingerprint density at radius 1 is 0.571 bits per heavy atom. The number of fused-ring (bicyclic) bond motifs is 11. The van der Waals surface area contributed by atoms with Gasteiger partial charge in [-0.2, -0.15) is 0 Å². The summed E-state index contributed by atoms with van der Waals surface area (Å²) in [5.74, 6) is 0.646. The molecule has 198 valence electrons. The van der Waals surface area contributed by atoms with Crippen LogP contribution in [-0.2, 0) is 0 Å². The molecular weight excluding hydrogens is 514 g/mol. The van der Waals surface area contributed by atoms with Crippen LogP contribution in [0.5, 0.6) is 0 Å².